The van der Waals surface area contributed by atoms with Crippen LogP contribution in [0, 0.1) is 0 Å². The smallest absolute Gasteiger partial charge is 0.337 e. The predicted molar refractivity (Wildman–Crippen MR) is 109 cm³/mol. The molecule has 2 rings (SSSR count). The molecule has 9 heteroatoms. The highest BCUT2D eigenvalue weighted by Crippen LogP contribution is 2.22. The number of carbonyl (C=O) groups is 2. The number of anilines is 2. The Morgan fingerprint density at radius 2 is 1.82 bits per heavy atom. The molecule has 150 valence electrons. The minimum absolute atomic E-state index is 0.130. The highest BCUT2D eigenvalue weighted by atomic mass is 35.5. The van der Waals surface area contributed by atoms with Crippen molar-refractivity contribution < 1.29 is 22.7 Å². The summed E-state index contributed by atoms with van der Waals surface area (Å²) in [6, 6.07) is 12.8. The molecule has 1 N–H and O–H groups in total. The monoisotopic (exact) mass is 424 g/mol. The van der Waals surface area contributed by atoms with Gasteiger partial charge < -0.3 is 10.1 Å². The van der Waals surface area contributed by atoms with Crippen molar-refractivity contribution in [3.8, 4) is 0 Å². The molecule has 0 saturated carbocycles. The number of halogens is 1. The first-order valence-electron chi connectivity index (χ1n) is 8.42. The molecule has 0 aliphatic heterocycles. The van der Waals surface area contributed by atoms with E-state index in [-0.39, 0.29) is 18.9 Å². The average Bonchev–Trinajstić information content (AvgIpc) is 2.64. The highest BCUT2D eigenvalue weighted by molar-refractivity contribution is 7.92. The number of nitrogens with zero attached hydrogens (tertiary/aromatic N) is 1. The minimum Gasteiger partial charge on any atom is -0.465 e. The van der Waals surface area contributed by atoms with Gasteiger partial charge in [-0.25, -0.2) is 13.2 Å². The molecular formula is C19H21ClN2O5S. The zero-order valence-electron chi connectivity index (χ0n) is 15.5. The Bertz CT molecular complexity index is 945. The maximum atomic E-state index is 12.1. The number of methoxy groups -OCH3 is 1. The van der Waals surface area contributed by atoms with E-state index in [1.54, 1.807) is 48.5 Å². The minimum atomic E-state index is -3.51. The number of esters is 1. The summed E-state index contributed by atoms with van der Waals surface area (Å²) >= 11 is 5.94. The van der Waals surface area contributed by atoms with Gasteiger partial charge >= 0.3 is 5.97 Å². The molecule has 0 aromatic heterocycles. The number of carbonyl (C=O) groups excluding carboxylic acids is 2. The van der Waals surface area contributed by atoms with Crippen molar-refractivity contribution in [2.45, 2.75) is 12.8 Å². The van der Waals surface area contributed by atoms with Gasteiger partial charge in [0.15, 0.2) is 0 Å². The molecule has 0 aliphatic rings. The Morgan fingerprint density at radius 1 is 1.14 bits per heavy atom. The van der Waals surface area contributed by atoms with Gasteiger partial charge in [0.2, 0.25) is 15.9 Å². The number of hydrogen-bond donors (Lipinski definition) is 1. The normalized spacial score (nSPS) is 11.0. The Morgan fingerprint density at radius 3 is 2.39 bits per heavy atom. The topological polar surface area (TPSA) is 92.8 Å². The van der Waals surface area contributed by atoms with Crippen molar-refractivity contribution in [2.75, 3.05) is 29.5 Å². The number of ether oxygens (including phenoxy) is 1. The molecule has 0 radical (unpaired) electrons. The molecule has 0 saturated heterocycles. The largest absolute Gasteiger partial charge is 0.465 e. The van der Waals surface area contributed by atoms with E-state index in [0.29, 0.717) is 28.4 Å². The third-order valence-corrected chi connectivity index (χ3v) is 5.28. The fourth-order valence-corrected chi connectivity index (χ4v) is 3.67. The van der Waals surface area contributed by atoms with Crippen LogP contribution in [-0.4, -0.2) is 40.2 Å². The molecule has 0 aliphatic carbocycles. The molecule has 28 heavy (non-hydrogen) atoms. The van der Waals surface area contributed by atoms with Gasteiger partial charge in [-0.05, 0) is 48.9 Å². The maximum Gasteiger partial charge on any atom is 0.337 e. The van der Waals surface area contributed by atoms with Crippen LogP contribution in [-0.2, 0) is 19.6 Å². The summed E-state index contributed by atoms with van der Waals surface area (Å²) in [5.41, 5.74) is 1.37. The van der Waals surface area contributed by atoms with Crippen LogP contribution in [0.3, 0.4) is 0 Å². The van der Waals surface area contributed by atoms with Crippen molar-refractivity contribution in [3.05, 3.63) is 59.1 Å². The highest BCUT2D eigenvalue weighted by Gasteiger charge is 2.18. The number of amides is 1. The van der Waals surface area contributed by atoms with E-state index in [2.05, 4.69) is 10.1 Å². The number of hydrogen-bond acceptors (Lipinski definition) is 5. The number of rotatable bonds is 8. The van der Waals surface area contributed by atoms with Gasteiger partial charge in [0.05, 0.1) is 24.6 Å². The lowest BCUT2D eigenvalue weighted by Crippen LogP contribution is -2.31. The zero-order valence-corrected chi connectivity index (χ0v) is 17.1. The van der Waals surface area contributed by atoms with Crippen molar-refractivity contribution >= 4 is 44.9 Å². The lowest BCUT2D eigenvalue weighted by molar-refractivity contribution is -0.116. The second kappa shape index (κ2) is 9.57. The molecule has 1 amide bonds. The van der Waals surface area contributed by atoms with Gasteiger partial charge in [0, 0.05) is 23.7 Å². The summed E-state index contributed by atoms with van der Waals surface area (Å²) in [6.07, 6.45) is 1.56. The van der Waals surface area contributed by atoms with Crippen LogP contribution in [0.1, 0.15) is 23.2 Å². The zero-order chi connectivity index (χ0) is 20.7. The molecular weight excluding hydrogens is 404 g/mol. The molecule has 0 unspecified atom stereocenters. The number of nitrogens with one attached hydrogen (secondary N) is 1. The summed E-state index contributed by atoms with van der Waals surface area (Å²) in [5, 5.41) is 3.14. The summed E-state index contributed by atoms with van der Waals surface area (Å²) in [4.78, 5) is 23.5. The Kier molecular flexibility index (Phi) is 7.42. The summed E-state index contributed by atoms with van der Waals surface area (Å²) in [7, 11) is -2.21. The lowest BCUT2D eigenvalue weighted by atomic mass is 10.2. The SMILES string of the molecule is COC(=O)c1ccc(NC(=O)CCCN(c2cccc(Cl)c2)S(C)(=O)=O)cc1. The van der Waals surface area contributed by atoms with Crippen molar-refractivity contribution in [1.29, 1.82) is 0 Å². The van der Waals surface area contributed by atoms with Crippen LogP contribution in [0.5, 0.6) is 0 Å². The van der Waals surface area contributed by atoms with Crippen molar-refractivity contribution in [2.24, 2.45) is 0 Å². The molecule has 7 nitrogen and oxygen atoms in total. The Balaban J connectivity index is 1.93. The van der Waals surface area contributed by atoms with E-state index in [4.69, 9.17) is 11.6 Å². The summed E-state index contributed by atoms with van der Waals surface area (Å²) in [6.45, 7) is 0.147. The Labute approximate surface area is 169 Å². The summed E-state index contributed by atoms with van der Waals surface area (Å²) < 4.78 is 30.0. The molecule has 0 heterocycles. The third kappa shape index (κ3) is 6.24. The second-order valence-electron chi connectivity index (χ2n) is 6.04. The standard InChI is InChI=1S/C19H21ClN2O5S/c1-27-19(24)14-8-10-16(11-9-14)21-18(23)7-4-12-22(28(2,25)26)17-6-3-5-15(20)13-17/h3,5-6,8-11,13H,4,7,12H2,1-2H3,(H,21,23). The van der Waals surface area contributed by atoms with Crippen LogP contribution >= 0.6 is 11.6 Å². The molecule has 2 aromatic carbocycles. The first-order valence-corrected chi connectivity index (χ1v) is 10.6. The first-order chi connectivity index (χ1) is 13.2. The van der Waals surface area contributed by atoms with Crippen LogP contribution in [0.4, 0.5) is 11.4 Å². The molecule has 0 fully saturated rings. The number of sulfonamides is 1. The van der Waals surface area contributed by atoms with Gasteiger partial charge in [-0.2, -0.15) is 0 Å². The van der Waals surface area contributed by atoms with Crippen molar-refractivity contribution in [3.63, 3.8) is 0 Å². The maximum absolute atomic E-state index is 12.1. The van der Waals surface area contributed by atoms with Crippen molar-refractivity contribution in [1.82, 2.24) is 0 Å². The molecule has 2 aromatic rings. The van der Waals surface area contributed by atoms with Crippen LogP contribution in [0.25, 0.3) is 0 Å². The van der Waals surface area contributed by atoms with E-state index >= 15 is 0 Å². The van der Waals surface area contributed by atoms with Crippen LogP contribution in [0.2, 0.25) is 5.02 Å². The lowest BCUT2D eigenvalue weighted by Gasteiger charge is -2.22. The third-order valence-electron chi connectivity index (χ3n) is 3.85. The van der Waals surface area contributed by atoms with Gasteiger partial charge in [0.1, 0.15) is 0 Å². The van der Waals surface area contributed by atoms with Crippen LogP contribution in [0.15, 0.2) is 48.5 Å². The fourth-order valence-electron chi connectivity index (χ4n) is 2.53. The van der Waals surface area contributed by atoms with Crippen LogP contribution < -0.4 is 9.62 Å². The predicted octanol–water partition coefficient (Wildman–Crippen LogP) is 3.31. The summed E-state index contributed by atoms with van der Waals surface area (Å²) in [5.74, 6) is -0.717. The second-order valence-corrected chi connectivity index (χ2v) is 8.38. The quantitative estimate of drug-likeness (QED) is 0.656. The Hall–Kier alpha value is -2.58. The van der Waals surface area contributed by atoms with E-state index in [0.717, 1.165) is 6.26 Å². The van der Waals surface area contributed by atoms with E-state index < -0.39 is 16.0 Å². The molecule has 0 bridgehead atoms. The van der Waals surface area contributed by atoms with E-state index in [9.17, 15) is 18.0 Å². The first kappa shape index (κ1) is 21.7. The fraction of sp³-hybridized carbons (Fsp3) is 0.263. The average molecular weight is 425 g/mol. The molecule has 0 spiro atoms. The van der Waals surface area contributed by atoms with Gasteiger partial charge in [-0.15, -0.1) is 0 Å². The van der Waals surface area contributed by atoms with E-state index in [1.165, 1.54) is 11.4 Å². The molecule has 0 atom stereocenters. The van der Waals surface area contributed by atoms with E-state index in [1.807, 2.05) is 0 Å². The van der Waals surface area contributed by atoms with Gasteiger partial charge in [-0.3, -0.25) is 9.10 Å². The van der Waals surface area contributed by atoms with Gasteiger partial charge in [-0.1, -0.05) is 17.7 Å². The van der Waals surface area contributed by atoms with Gasteiger partial charge in [0.25, 0.3) is 0 Å². The number of benzene rings is 2.